The first-order valence-corrected chi connectivity index (χ1v) is 9.70. The third-order valence-electron chi connectivity index (χ3n) is 4.53. The molecular weight excluding hydrogens is 368 g/mol. The molecule has 29 heavy (non-hydrogen) atoms. The normalized spacial score (nSPS) is 10.6. The maximum atomic E-state index is 12.6. The maximum Gasteiger partial charge on any atom is 0.341 e. The Morgan fingerprint density at radius 3 is 2.41 bits per heavy atom. The molecule has 2 aromatic carbocycles. The largest absolute Gasteiger partial charge is 0.462 e. The van der Waals surface area contributed by atoms with E-state index in [2.05, 4.69) is 17.2 Å². The summed E-state index contributed by atoms with van der Waals surface area (Å²) in [7, 11) is 0. The van der Waals surface area contributed by atoms with E-state index >= 15 is 0 Å². The number of nitrogens with one attached hydrogen (secondary N) is 1. The number of carbonyl (C=O) groups excluding carboxylic acids is 2. The number of aromatic nitrogens is 1. The summed E-state index contributed by atoms with van der Waals surface area (Å²) in [5.74, 6) is -0.893. The Kier molecular flexibility index (Phi) is 6.44. The van der Waals surface area contributed by atoms with Crippen LogP contribution in [0, 0.1) is 0 Å². The van der Waals surface area contributed by atoms with Gasteiger partial charge in [-0.05, 0) is 50.1 Å². The van der Waals surface area contributed by atoms with E-state index in [4.69, 9.17) is 9.47 Å². The number of nitrogens with zero attached hydrogens (tertiary/aromatic N) is 1. The van der Waals surface area contributed by atoms with E-state index in [0.29, 0.717) is 27.7 Å². The van der Waals surface area contributed by atoms with Crippen molar-refractivity contribution in [1.82, 2.24) is 4.98 Å². The van der Waals surface area contributed by atoms with Crippen molar-refractivity contribution in [2.24, 2.45) is 0 Å². The smallest absolute Gasteiger partial charge is 0.341 e. The van der Waals surface area contributed by atoms with Gasteiger partial charge in [0.1, 0.15) is 5.56 Å². The van der Waals surface area contributed by atoms with Crippen molar-refractivity contribution in [2.75, 3.05) is 18.5 Å². The van der Waals surface area contributed by atoms with Gasteiger partial charge in [0.05, 0.1) is 30.0 Å². The van der Waals surface area contributed by atoms with Crippen molar-refractivity contribution in [2.45, 2.75) is 27.2 Å². The lowest BCUT2D eigenvalue weighted by Crippen LogP contribution is -2.10. The van der Waals surface area contributed by atoms with Crippen LogP contribution >= 0.6 is 0 Å². The topological polar surface area (TPSA) is 77.5 Å². The van der Waals surface area contributed by atoms with E-state index in [1.807, 2.05) is 24.3 Å². The molecule has 0 atom stereocenters. The Morgan fingerprint density at radius 1 is 0.966 bits per heavy atom. The van der Waals surface area contributed by atoms with E-state index < -0.39 is 11.9 Å². The number of rotatable bonds is 7. The van der Waals surface area contributed by atoms with Crippen LogP contribution in [-0.4, -0.2) is 30.1 Å². The van der Waals surface area contributed by atoms with Crippen molar-refractivity contribution < 1.29 is 19.1 Å². The Morgan fingerprint density at radius 2 is 1.69 bits per heavy atom. The molecule has 6 heteroatoms. The Bertz CT molecular complexity index is 1040. The number of aryl methyl sites for hydroxylation is 1. The first kappa shape index (κ1) is 20.3. The second-order valence-corrected chi connectivity index (χ2v) is 6.36. The van der Waals surface area contributed by atoms with Crippen LogP contribution in [0.25, 0.3) is 10.9 Å². The van der Waals surface area contributed by atoms with Gasteiger partial charge in [0.15, 0.2) is 0 Å². The van der Waals surface area contributed by atoms with Crippen LogP contribution in [-0.2, 0) is 15.9 Å². The number of hydrogen-bond acceptors (Lipinski definition) is 6. The van der Waals surface area contributed by atoms with Gasteiger partial charge in [-0.15, -0.1) is 0 Å². The van der Waals surface area contributed by atoms with Crippen molar-refractivity contribution in [3.05, 3.63) is 65.4 Å². The molecule has 3 rings (SSSR count). The number of fused-ring (bicyclic) bond motifs is 1. The zero-order chi connectivity index (χ0) is 20.8. The molecule has 3 aromatic rings. The molecule has 0 saturated carbocycles. The van der Waals surface area contributed by atoms with E-state index in [1.165, 1.54) is 6.20 Å². The summed E-state index contributed by atoms with van der Waals surface area (Å²) in [4.78, 5) is 29.2. The maximum absolute atomic E-state index is 12.6. The molecule has 0 spiro atoms. The fourth-order valence-electron chi connectivity index (χ4n) is 3.12. The Hall–Kier alpha value is -3.41. The molecular formula is C23H24N2O4. The molecule has 0 bridgehead atoms. The number of benzene rings is 2. The second-order valence-electron chi connectivity index (χ2n) is 6.36. The quantitative estimate of drug-likeness (QED) is 0.577. The third kappa shape index (κ3) is 4.37. The summed E-state index contributed by atoms with van der Waals surface area (Å²) in [6.45, 7) is 6.12. The van der Waals surface area contributed by atoms with Crippen LogP contribution in [0.5, 0.6) is 0 Å². The van der Waals surface area contributed by atoms with E-state index in [9.17, 15) is 9.59 Å². The fourth-order valence-corrected chi connectivity index (χ4v) is 3.12. The summed E-state index contributed by atoms with van der Waals surface area (Å²) in [5, 5.41) is 4.02. The van der Waals surface area contributed by atoms with Crippen LogP contribution in [0.2, 0.25) is 0 Å². The number of para-hydroxylation sites is 1. The third-order valence-corrected chi connectivity index (χ3v) is 4.53. The molecule has 1 aromatic heterocycles. The molecule has 0 aliphatic heterocycles. The lowest BCUT2D eigenvalue weighted by Gasteiger charge is -2.16. The van der Waals surface area contributed by atoms with E-state index in [0.717, 1.165) is 17.7 Å². The van der Waals surface area contributed by atoms with Crippen molar-refractivity contribution in [1.29, 1.82) is 0 Å². The minimum absolute atomic E-state index is 0.255. The van der Waals surface area contributed by atoms with Crippen LogP contribution in [0.15, 0.2) is 48.7 Å². The van der Waals surface area contributed by atoms with Crippen LogP contribution in [0.1, 0.15) is 47.1 Å². The zero-order valence-corrected chi connectivity index (χ0v) is 16.8. The highest BCUT2D eigenvalue weighted by molar-refractivity contribution is 6.07. The van der Waals surface area contributed by atoms with Crippen molar-refractivity contribution >= 4 is 34.2 Å². The minimum Gasteiger partial charge on any atom is -0.462 e. The number of hydrogen-bond donors (Lipinski definition) is 1. The van der Waals surface area contributed by atoms with Crippen molar-refractivity contribution in [3.63, 3.8) is 0 Å². The SMILES string of the molecule is CCOC(=O)c1ccc2ncc(C(=O)OCC)c(Nc3ccccc3CC)c2c1. The van der Waals surface area contributed by atoms with Gasteiger partial charge in [0.2, 0.25) is 0 Å². The fraction of sp³-hybridized carbons (Fsp3) is 0.261. The molecule has 1 N–H and O–H groups in total. The zero-order valence-electron chi connectivity index (χ0n) is 16.8. The first-order valence-electron chi connectivity index (χ1n) is 9.70. The Balaban J connectivity index is 2.20. The van der Waals surface area contributed by atoms with E-state index in [1.54, 1.807) is 32.0 Å². The predicted octanol–water partition coefficient (Wildman–Crippen LogP) is 4.89. The number of anilines is 2. The molecule has 6 nitrogen and oxygen atoms in total. The first-order chi connectivity index (χ1) is 14.1. The van der Waals surface area contributed by atoms with Gasteiger partial charge in [0.25, 0.3) is 0 Å². The Labute approximate surface area is 169 Å². The predicted molar refractivity (Wildman–Crippen MR) is 113 cm³/mol. The number of pyridine rings is 1. The van der Waals surface area contributed by atoms with Crippen molar-refractivity contribution in [3.8, 4) is 0 Å². The number of carbonyl (C=O) groups is 2. The highest BCUT2D eigenvalue weighted by atomic mass is 16.5. The van der Waals surface area contributed by atoms with E-state index in [-0.39, 0.29) is 13.2 Å². The molecule has 0 fully saturated rings. The molecule has 0 saturated heterocycles. The monoisotopic (exact) mass is 392 g/mol. The second kappa shape index (κ2) is 9.19. The average Bonchev–Trinajstić information content (AvgIpc) is 2.74. The molecule has 0 radical (unpaired) electrons. The van der Waals surface area contributed by atoms with Gasteiger partial charge < -0.3 is 14.8 Å². The molecule has 1 heterocycles. The van der Waals surface area contributed by atoms with Gasteiger partial charge in [-0.2, -0.15) is 0 Å². The highest BCUT2D eigenvalue weighted by Gasteiger charge is 2.19. The standard InChI is InChI=1S/C23H24N2O4/c1-4-15-9-7-8-10-19(15)25-21-17-13-16(22(26)28-5-2)11-12-20(17)24-14-18(21)23(27)29-6-3/h7-14H,4-6H2,1-3H3,(H,24,25). The lowest BCUT2D eigenvalue weighted by atomic mass is 10.0. The summed E-state index contributed by atoms with van der Waals surface area (Å²) in [5.41, 5.74) is 3.91. The van der Waals surface area contributed by atoms with Crippen LogP contribution in [0.4, 0.5) is 11.4 Å². The van der Waals surface area contributed by atoms with Gasteiger partial charge in [-0.1, -0.05) is 25.1 Å². The molecule has 0 aliphatic rings. The minimum atomic E-state index is -0.472. The lowest BCUT2D eigenvalue weighted by molar-refractivity contribution is 0.0518. The average molecular weight is 392 g/mol. The van der Waals surface area contributed by atoms with Crippen LogP contribution in [0.3, 0.4) is 0 Å². The summed E-state index contributed by atoms with van der Waals surface area (Å²) in [6.07, 6.45) is 2.33. The molecule has 0 amide bonds. The highest BCUT2D eigenvalue weighted by Crippen LogP contribution is 2.32. The molecule has 150 valence electrons. The summed E-state index contributed by atoms with van der Waals surface area (Å²) in [6, 6.07) is 13.0. The molecule has 0 unspecified atom stereocenters. The van der Waals surface area contributed by atoms with Crippen LogP contribution < -0.4 is 5.32 Å². The van der Waals surface area contributed by atoms with Gasteiger partial charge in [-0.3, -0.25) is 4.98 Å². The number of esters is 2. The summed E-state index contributed by atoms with van der Waals surface area (Å²) < 4.78 is 10.3. The number of ether oxygens (including phenoxy) is 2. The molecule has 0 aliphatic carbocycles. The van der Waals surface area contributed by atoms with Gasteiger partial charge in [0, 0.05) is 17.3 Å². The summed E-state index contributed by atoms with van der Waals surface area (Å²) >= 11 is 0. The van der Waals surface area contributed by atoms with Gasteiger partial charge in [-0.25, -0.2) is 9.59 Å². The van der Waals surface area contributed by atoms with Gasteiger partial charge >= 0.3 is 11.9 Å².